The number of thiophene rings is 1. The normalized spacial score (nSPS) is 11.7. The van der Waals surface area contributed by atoms with Crippen molar-refractivity contribution in [2.45, 2.75) is 6.92 Å². The molecule has 0 saturated carbocycles. The van der Waals surface area contributed by atoms with Crippen LogP contribution < -0.4 is 14.4 Å². The van der Waals surface area contributed by atoms with Crippen LogP contribution in [-0.4, -0.2) is 46.8 Å². The molecule has 43 heavy (non-hydrogen) atoms. The Balaban J connectivity index is 1.64. The molecule has 10 heteroatoms. The minimum absolute atomic E-state index is 0.325. The fourth-order valence-corrected chi connectivity index (χ4v) is 6.61. The summed E-state index contributed by atoms with van der Waals surface area (Å²) in [7, 11) is 0.913. The Hall–Kier alpha value is -4.67. The van der Waals surface area contributed by atoms with Crippen LogP contribution in [0.4, 0.5) is 5.69 Å². The Bertz CT molecular complexity index is 2100. The molecule has 3 heterocycles. The summed E-state index contributed by atoms with van der Waals surface area (Å²) in [5.41, 5.74) is 4.73. The number of nitrogens with zero attached hydrogens (tertiary/aromatic N) is 2. The molecule has 8 nitrogen and oxygen atoms in total. The van der Waals surface area contributed by atoms with Crippen LogP contribution in [0.25, 0.3) is 54.1 Å². The summed E-state index contributed by atoms with van der Waals surface area (Å²) in [6, 6.07) is 25.1. The summed E-state index contributed by atoms with van der Waals surface area (Å²) in [5, 5.41) is 4.38. The van der Waals surface area contributed by atoms with Crippen molar-refractivity contribution < 1.29 is 22.4 Å². The first-order chi connectivity index (χ1) is 20.6. The molecule has 6 aromatic rings. The number of pyridine rings is 1. The number of ether oxygens (including phenoxy) is 1. The van der Waals surface area contributed by atoms with Gasteiger partial charge in [-0.15, -0.1) is 11.3 Å². The first-order valence-corrected chi connectivity index (χ1v) is 16.1. The predicted molar refractivity (Wildman–Crippen MR) is 174 cm³/mol. The molecule has 3 aromatic carbocycles. The number of aryl methyl sites for hydroxylation is 1. The van der Waals surface area contributed by atoms with Gasteiger partial charge in [-0.1, -0.05) is 48.0 Å². The highest BCUT2D eigenvalue weighted by atomic mass is 32.2. The molecular weight excluding hydrogens is 583 g/mol. The molecule has 0 unspecified atom stereocenters. The number of hydrogen-bond donors (Lipinski definition) is 1. The molecule has 0 bridgehead atoms. The molecule has 3 aromatic heterocycles. The summed E-state index contributed by atoms with van der Waals surface area (Å²) in [5.74, 6) is 0.440. The maximum Gasteiger partial charge on any atom is 0.255 e. The third-order valence-corrected chi connectivity index (χ3v) is 9.76. The number of nitrogens with one attached hydrogen (secondary N) is 1. The van der Waals surface area contributed by atoms with E-state index < -0.39 is 10.0 Å². The van der Waals surface area contributed by atoms with Crippen molar-refractivity contribution in [3.05, 3.63) is 90.0 Å². The summed E-state index contributed by atoms with van der Waals surface area (Å²) < 4.78 is 39.9. The molecule has 0 radical (unpaired) electrons. The number of amides is 1. The van der Waals surface area contributed by atoms with Gasteiger partial charge < -0.3 is 14.5 Å². The van der Waals surface area contributed by atoms with E-state index in [1.807, 2.05) is 55.5 Å². The minimum atomic E-state index is -3.68. The van der Waals surface area contributed by atoms with Gasteiger partial charge >= 0.3 is 0 Å². The van der Waals surface area contributed by atoms with E-state index in [0.29, 0.717) is 45.1 Å². The topological polar surface area (TPSA) is 102 Å². The molecule has 0 aliphatic rings. The van der Waals surface area contributed by atoms with E-state index in [1.54, 1.807) is 37.6 Å². The van der Waals surface area contributed by atoms with E-state index >= 15 is 0 Å². The summed E-state index contributed by atoms with van der Waals surface area (Å²) in [6.45, 7) is 1.98. The van der Waals surface area contributed by atoms with Crippen molar-refractivity contribution >= 4 is 54.0 Å². The van der Waals surface area contributed by atoms with Crippen molar-refractivity contribution in [2.75, 3.05) is 31.8 Å². The van der Waals surface area contributed by atoms with E-state index in [2.05, 4.69) is 23.5 Å². The number of rotatable bonds is 7. The van der Waals surface area contributed by atoms with Gasteiger partial charge in [0, 0.05) is 52.3 Å². The minimum Gasteiger partial charge on any atom is -0.481 e. The highest BCUT2D eigenvalue weighted by Gasteiger charge is 2.26. The molecule has 218 valence electrons. The SMILES string of the molecule is CNC(=O)c1c(-c2ccc(C)cc2)oc2cc(N(C)S(C)(=O)=O)c(-c3cc(-c4cc5ccccc5s4)cc(OC)n3)cc12. The van der Waals surface area contributed by atoms with Gasteiger partial charge in [-0.05, 0) is 42.1 Å². The number of fused-ring (bicyclic) bond motifs is 2. The summed E-state index contributed by atoms with van der Waals surface area (Å²) in [4.78, 5) is 19.0. The zero-order valence-corrected chi connectivity index (χ0v) is 25.9. The fraction of sp³-hybridized carbons (Fsp3) is 0.152. The molecule has 0 atom stereocenters. The molecule has 6 rings (SSSR count). The number of sulfonamides is 1. The van der Waals surface area contributed by atoms with Crippen molar-refractivity contribution in [3.8, 4) is 38.9 Å². The second kappa shape index (κ2) is 10.9. The van der Waals surface area contributed by atoms with Crippen LogP contribution in [0.2, 0.25) is 0 Å². The van der Waals surface area contributed by atoms with Crippen molar-refractivity contribution in [3.63, 3.8) is 0 Å². The Kier molecular flexibility index (Phi) is 7.19. The standard InChI is InChI=1S/C33H29N3O5S2/c1-19-10-12-20(13-11-19)32-31(33(37)34-2)24-17-23(26(18-27(24)41-32)36(3)43(5,38)39)25-14-22(16-30(35-25)40-4)29-15-21-8-6-7-9-28(21)42-29/h6-18H,1-5H3,(H,34,37). The summed E-state index contributed by atoms with van der Waals surface area (Å²) >= 11 is 1.64. The lowest BCUT2D eigenvalue weighted by atomic mass is 9.99. The van der Waals surface area contributed by atoms with Crippen molar-refractivity contribution in [1.82, 2.24) is 10.3 Å². The van der Waals surface area contributed by atoms with Gasteiger partial charge in [-0.2, -0.15) is 0 Å². The second-order valence-electron chi connectivity index (χ2n) is 10.3. The lowest BCUT2D eigenvalue weighted by molar-refractivity contribution is 0.0964. The zero-order valence-electron chi connectivity index (χ0n) is 24.3. The molecule has 0 aliphatic heterocycles. The van der Waals surface area contributed by atoms with Crippen LogP contribution >= 0.6 is 11.3 Å². The molecule has 0 fully saturated rings. The van der Waals surface area contributed by atoms with Crippen LogP contribution in [0.1, 0.15) is 15.9 Å². The van der Waals surface area contributed by atoms with Gasteiger partial charge in [-0.3, -0.25) is 9.10 Å². The Morgan fingerprint density at radius 2 is 1.74 bits per heavy atom. The first-order valence-electron chi connectivity index (χ1n) is 13.5. The quantitative estimate of drug-likeness (QED) is 0.206. The van der Waals surface area contributed by atoms with Crippen molar-refractivity contribution in [1.29, 1.82) is 0 Å². The number of furan rings is 1. The molecule has 1 amide bonds. The number of carbonyl (C=O) groups excluding carboxylic acids is 1. The molecule has 0 spiro atoms. The lowest BCUT2D eigenvalue weighted by Crippen LogP contribution is -2.25. The van der Waals surface area contributed by atoms with E-state index in [4.69, 9.17) is 14.1 Å². The lowest BCUT2D eigenvalue weighted by Gasteiger charge is -2.21. The predicted octanol–water partition coefficient (Wildman–Crippen LogP) is 7.12. The smallest absolute Gasteiger partial charge is 0.255 e. The van der Waals surface area contributed by atoms with Crippen LogP contribution in [0.15, 0.2) is 83.3 Å². The average molecular weight is 612 g/mol. The second-order valence-corrected chi connectivity index (χ2v) is 13.4. The number of methoxy groups -OCH3 is 1. The fourth-order valence-electron chi connectivity index (χ4n) is 5.05. The molecule has 0 saturated heterocycles. The largest absolute Gasteiger partial charge is 0.481 e. The maximum atomic E-state index is 13.3. The highest BCUT2D eigenvalue weighted by Crippen LogP contribution is 2.43. The third kappa shape index (κ3) is 5.24. The summed E-state index contributed by atoms with van der Waals surface area (Å²) in [6.07, 6.45) is 1.14. The van der Waals surface area contributed by atoms with Gasteiger partial charge in [0.1, 0.15) is 11.3 Å². The number of carbonyl (C=O) groups is 1. The van der Waals surface area contributed by atoms with E-state index in [1.165, 1.54) is 11.4 Å². The Labute approximate surface area is 253 Å². The third-order valence-electron chi connectivity index (χ3n) is 7.41. The van der Waals surface area contributed by atoms with Crippen LogP contribution in [-0.2, 0) is 10.0 Å². The van der Waals surface area contributed by atoms with E-state index in [0.717, 1.165) is 37.9 Å². The number of hydrogen-bond acceptors (Lipinski definition) is 7. The molecule has 1 N–H and O–H groups in total. The number of anilines is 1. The highest BCUT2D eigenvalue weighted by molar-refractivity contribution is 7.92. The Morgan fingerprint density at radius 3 is 2.42 bits per heavy atom. The van der Waals surface area contributed by atoms with Crippen molar-refractivity contribution in [2.24, 2.45) is 0 Å². The Morgan fingerprint density at radius 1 is 1.00 bits per heavy atom. The zero-order chi connectivity index (χ0) is 30.5. The maximum absolute atomic E-state index is 13.3. The van der Waals surface area contributed by atoms with Gasteiger partial charge in [0.2, 0.25) is 15.9 Å². The molecular formula is C33H29N3O5S2. The van der Waals surface area contributed by atoms with Gasteiger partial charge in [-0.25, -0.2) is 13.4 Å². The molecule has 0 aliphatic carbocycles. The van der Waals surface area contributed by atoms with Gasteiger partial charge in [0.15, 0.2) is 0 Å². The number of benzene rings is 3. The first kappa shape index (κ1) is 28.4. The van der Waals surface area contributed by atoms with Crippen LogP contribution in [0.3, 0.4) is 0 Å². The van der Waals surface area contributed by atoms with E-state index in [-0.39, 0.29) is 5.91 Å². The average Bonchev–Trinajstić information content (AvgIpc) is 3.61. The van der Waals surface area contributed by atoms with Gasteiger partial charge in [0.25, 0.3) is 5.91 Å². The van der Waals surface area contributed by atoms with Crippen LogP contribution in [0.5, 0.6) is 5.88 Å². The van der Waals surface area contributed by atoms with Gasteiger partial charge in [0.05, 0.1) is 30.3 Å². The van der Waals surface area contributed by atoms with Crippen LogP contribution in [0, 0.1) is 6.92 Å². The monoisotopic (exact) mass is 611 g/mol. The number of aromatic nitrogens is 1. The van der Waals surface area contributed by atoms with E-state index in [9.17, 15) is 13.2 Å².